The largest absolute Gasteiger partial charge is 0.385 e. The van der Waals surface area contributed by atoms with Crippen molar-refractivity contribution in [3.63, 3.8) is 0 Å². The number of hydrogen-bond acceptors (Lipinski definition) is 5. The average Bonchev–Trinajstić information content (AvgIpc) is 3.28. The number of aliphatic hydroxyl groups is 1. The highest BCUT2D eigenvalue weighted by molar-refractivity contribution is 6.31. The first-order valence-corrected chi connectivity index (χ1v) is 10.6. The number of anilines is 1. The molecule has 2 fully saturated rings. The van der Waals surface area contributed by atoms with Crippen LogP contribution in [0.4, 0.5) is 11.4 Å². The monoisotopic (exact) mass is 429 g/mol. The maximum atomic E-state index is 12.9. The Labute approximate surface area is 180 Å². The molecule has 4 rings (SSSR count). The van der Waals surface area contributed by atoms with Crippen molar-refractivity contribution < 1.29 is 14.8 Å². The van der Waals surface area contributed by atoms with E-state index in [9.17, 15) is 20.0 Å². The van der Waals surface area contributed by atoms with Gasteiger partial charge in [-0.25, -0.2) is 0 Å². The summed E-state index contributed by atoms with van der Waals surface area (Å²) in [6, 6.07) is 12.0. The Morgan fingerprint density at radius 1 is 1.07 bits per heavy atom. The Kier molecular flexibility index (Phi) is 5.66. The van der Waals surface area contributed by atoms with E-state index in [1.54, 1.807) is 23.1 Å². The van der Waals surface area contributed by atoms with Crippen molar-refractivity contribution in [3.8, 4) is 0 Å². The summed E-state index contributed by atoms with van der Waals surface area (Å²) in [6.07, 6.45) is 2.80. The predicted octanol–water partition coefficient (Wildman–Crippen LogP) is 3.97. The van der Waals surface area contributed by atoms with Crippen LogP contribution >= 0.6 is 11.6 Å². The smallest absolute Gasteiger partial charge is 0.282 e. The zero-order chi connectivity index (χ0) is 21.3. The van der Waals surface area contributed by atoms with E-state index in [-0.39, 0.29) is 17.2 Å². The second-order valence-electron chi connectivity index (χ2n) is 7.96. The van der Waals surface area contributed by atoms with Crippen molar-refractivity contribution in [2.75, 3.05) is 31.1 Å². The second-order valence-corrected chi connectivity index (χ2v) is 8.36. The number of nitro benzene ring substituents is 1. The molecule has 1 amide bonds. The first-order valence-electron chi connectivity index (χ1n) is 10.2. The van der Waals surface area contributed by atoms with Gasteiger partial charge in [0.15, 0.2) is 0 Å². The summed E-state index contributed by atoms with van der Waals surface area (Å²) in [7, 11) is 0. The van der Waals surface area contributed by atoms with Gasteiger partial charge in [0.05, 0.1) is 10.5 Å². The first kappa shape index (κ1) is 20.6. The standard InChI is InChI=1S/C22H24ClN3O4/c23-19-6-2-1-5-18(19)22(28)9-13-24(14-10-22)16-7-8-20(26(29)30)17(15-16)21(27)25-11-3-4-12-25/h1-2,5-8,15,28H,3-4,9-14H2. The van der Waals surface area contributed by atoms with E-state index in [4.69, 9.17) is 11.6 Å². The number of piperidine rings is 1. The Bertz CT molecular complexity index is 967. The molecule has 2 aromatic rings. The van der Waals surface area contributed by atoms with Crippen LogP contribution in [-0.4, -0.2) is 47.0 Å². The molecule has 0 bridgehead atoms. The topological polar surface area (TPSA) is 86.9 Å². The lowest BCUT2D eigenvalue weighted by molar-refractivity contribution is -0.385. The van der Waals surface area contributed by atoms with Crippen molar-refractivity contribution in [1.82, 2.24) is 4.90 Å². The fraction of sp³-hybridized carbons (Fsp3) is 0.409. The number of amides is 1. The van der Waals surface area contributed by atoms with Gasteiger partial charge in [-0.15, -0.1) is 0 Å². The summed E-state index contributed by atoms with van der Waals surface area (Å²) in [5.41, 5.74) is 0.430. The fourth-order valence-electron chi connectivity index (χ4n) is 4.38. The number of nitro groups is 1. The van der Waals surface area contributed by atoms with Crippen LogP contribution in [0, 0.1) is 10.1 Å². The quantitative estimate of drug-likeness (QED) is 0.587. The van der Waals surface area contributed by atoms with Crippen molar-refractivity contribution in [2.45, 2.75) is 31.3 Å². The Hall–Kier alpha value is -2.64. The highest BCUT2D eigenvalue weighted by Gasteiger charge is 2.36. The zero-order valence-electron chi connectivity index (χ0n) is 16.6. The maximum absolute atomic E-state index is 12.9. The number of hydrogen-bond donors (Lipinski definition) is 1. The van der Waals surface area contributed by atoms with Crippen LogP contribution in [0.15, 0.2) is 42.5 Å². The number of likely N-dealkylation sites (tertiary alicyclic amines) is 1. The molecule has 7 nitrogen and oxygen atoms in total. The van der Waals surface area contributed by atoms with Crippen LogP contribution in [-0.2, 0) is 5.60 Å². The van der Waals surface area contributed by atoms with E-state index in [0.29, 0.717) is 44.0 Å². The SMILES string of the molecule is O=C(c1cc(N2CCC(O)(c3ccccc3Cl)CC2)ccc1[N+](=O)[O-])N1CCCC1. The average molecular weight is 430 g/mol. The second kappa shape index (κ2) is 8.24. The molecular weight excluding hydrogens is 406 g/mol. The molecule has 0 atom stereocenters. The molecule has 30 heavy (non-hydrogen) atoms. The maximum Gasteiger partial charge on any atom is 0.282 e. The van der Waals surface area contributed by atoms with E-state index in [0.717, 1.165) is 24.1 Å². The molecule has 2 heterocycles. The van der Waals surface area contributed by atoms with E-state index in [1.165, 1.54) is 6.07 Å². The number of nitrogens with zero attached hydrogens (tertiary/aromatic N) is 3. The Morgan fingerprint density at radius 3 is 2.37 bits per heavy atom. The van der Waals surface area contributed by atoms with Gasteiger partial charge in [0, 0.05) is 48.5 Å². The number of carbonyl (C=O) groups excluding carboxylic acids is 1. The van der Waals surface area contributed by atoms with Gasteiger partial charge in [0.25, 0.3) is 11.6 Å². The summed E-state index contributed by atoms with van der Waals surface area (Å²) in [4.78, 5) is 27.6. The van der Waals surface area contributed by atoms with Gasteiger partial charge < -0.3 is 14.9 Å². The molecule has 2 saturated heterocycles. The Morgan fingerprint density at radius 2 is 1.73 bits per heavy atom. The summed E-state index contributed by atoms with van der Waals surface area (Å²) < 4.78 is 0. The van der Waals surface area contributed by atoms with Gasteiger partial charge in [0.2, 0.25) is 0 Å². The lowest BCUT2D eigenvalue weighted by atomic mass is 9.84. The molecule has 2 aromatic carbocycles. The predicted molar refractivity (Wildman–Crippen MR) is 115 cm³/mol. The highest BCUT2D eigenvalue weighted by Crippen LogP contribution is 2.38. The molecule has 0 aromatic heterocycles. The first-order chi connectivity index (χ1) is 14.4. The molecule has 0 saturated carbocycles. The fourth-order valence-corrected chi connectivity index (χ4v) is 4.70. The van der Waals surface area contributed by atoms with Crippen LogP contribution < -0.4 is 4.90 Å². The molecule has 0 unspecified atom stereocenters. The van der Waals surface area contributed by atoms with Gasteiger partial charge in [-0.3, -0.25) is 14.9 Å². The van der Waals surface area contributed by atoms with E-state index >= 15 is 0 Å². The van der Waals surface area contributed by atoms with Gasteiger partial charge in [-0.2, -0.15) is 0 Å². The van der Waals surface area contributed by atoms with Crippen molar-refractivity contribution in [2.24, 2.45) is 0 Å². The number of benzene rings is 2. The lowest BCUT2D eigenvalue weighted by Crippen LogP contribution is -2.43. The van der Waals surface area contributed by atoms with Gasteiger partial charge >= 0.3 is 0 Å². The summed E-state index contributed by atoms with van der Waals surface area (Å²) in [5, 5.41) is 23.2. The summed E-state index contributed by atoms with van der Waals surface area (Å²) in [5.74, 6) is -0.286. The number of halogens is 1. The third-order valence-electron chi connectivity index (χ3n) is 6.13. The Balaban J connectivity index is 1.56. The van der Waals surface area contributed by atoms with E-state index < -0.39 is 10.5 Å². The molecule has 8 heteroatoms. The summed E-state index contributed by atoms with van der Waals surface area (Å²) in [6.45, 7) is 2.37. The van der Waals surface area contributed by atoms with Crippen molar-refractivity contribution >= 4 is 28.9 Å². The van der Waals surface area contributed by atoms with Crippen molar-refractivity contribution in [3.05, 3.63) is 68.7 Å². The highest BCUT2D eigenvalue weighted by atomic mass is 35.5. The zero-order valence-corrected chi connectivity index (χ0v) is 17.3. The molecule has 1 N–H and O–H groups in total. The number of rotatable bonds is 4. The molecule has 2 aliphatic heterocycles. The van der Waals surface area contributed by atoms with Crippen LogP contribution in [0.5, 0.6) is 0 Å². The molecule has 0 aliphatic carbocycles. The van der Waals surface area contributed by atoms with Gasteiger partial charge in [-0.1, -0.05) is 29.8 Å². The third-order valence-corrected chi connectivity index (χ3v) is 6.46. The molecule has 0 radical (unpaired) electrons. The summed E-state index contributed by atoms with van der Waals surface area (Å²) >= 11 is 6.29. The van der Waals surface area contributed by atoms with Crippen LogP contribution in [0.1, 0.15) is 41.6 Å². The third kappa shape index (κ3) is 3.87. The van der Waals surface area contributed by atoms with E-state index in [2.05, 4.69) is 4.90 Å². The molecule has 2 aliphatic rings. The lowest BCUT2D eigenvalue weighted by Gasteiger charge is -2.40. The van der Waals surface area contributed by atoms with Crippen LogP contribution in [0.3, 0.4) is 0 Å². The van der Waals surface area contributed by atoms with E-state index in [1.807, 2.05) is 18.2 Å². The minimum absolute atomic E-state index is 0.131. The number of carbonyl (C=O) groups is 1. The van der Waals surface area contributed by atoms with Gasteiger partial charge in [-0.05, 0) is 43.9 Å². The van der Waals surface area contributed by atoms with Crippen LogP contribution in [0.2, 0.25) is 5.02 Å². The molecule has 0 spiro atoms. The molecular formula is C22H24ClN3O4. The van der Waals surface area contributed by atoms with Gasteiger partial charge in [0.1, 0.15) is 5.56 Å². The van der Waals surface area contributed by atoms with Crippen molar-refractivity contribution in [1.29, 1.82) is 0 Å². The normalized spacial score (nSPS) is 18.5. The minimum Gasteiger partial charge on any atom is -0.385 e. The van der Waals surface area contributed by atoms with Crippen LogP contribution in [0.25, 0.3) is 0 Å². The molecule has 158 valence electrons. The minimum atomic E-state index is -1.01.